The van der Waals surface area contributed by atoms with Gasteiger partial charge in [0.15, 0.2) is 0 Å². The Bertz CT molecular complexity index is 417. The molecule has 17 heavy (non-hydrogen) atoms. The molecule has 0 radical (unpaired) electrons. The molecule has 1 N–H and O–H groups in total. The van der Waals surface area contributed by atoms with Crippen molar-refractivity contribution in [3.8, 4) is 0 Å². The van der Waals surface area contributed by atoms with Crippen molar-refractivity contribution in [3.05, 3.63) is 30.1 Å². The van der Waals surface area contributed by atoms with Crippen molar-refractivity contribution in [2.24, 2.45) is 0 Å². The lowest BCUT2D eigenvalue weighted by Gasteiger charge is -2.09. The van der Waals surface area contributed by atoms with Gasteiger partial charge in [0.25, 0.3) is 0 Å². The highest BCUT2D eigenvalue weighted by Gasteiger charge is 2.10. The molecule has 0 aromatic carbocycles. The number of aliphatic hydroxyl groups excluding tert-OH is 1. The zero-order valence-electron chi connectivity index (χ0n) is 10.0. The molecule has 0 saturated carbocycles. The van der Waals surface area contributed by atoms with E-state index in [-0.39, 0.29) is 11.5 Å². The predicted molar refractivity (Wildman–Crippen MR) is 67.5 cm³/mol. The molecule has 0 aliphatic rings. The van der Waals surface area contributed by atoms with Crippen LogP contribution in [0.15, 0.2) is 24.4 Å². The summed E-state index contributed by atoms with van der Waals surface area (Å²) in [5.74, 6) is 0.326. The number of nitrogens with zero attached hydrogens (tertiary/aromatic N) is 1. The standard InChI is InChI=1S/C12H19NO3S/c1-2-17(15,16)9-5-7-12(14)10-11-6-3-4-8-13-11/h3-4,6,8,12,14H,2,5,7,9-10H2,1H3. The molecule has 0 amide bonds. The van der Waals surface area contributed by atoms with Crippen molar-refractivity contribution in [1.82, 2.24) is 4.98 Å². The van der Waals surface area contributed by atoms with Crippen LogP contribution in [0.2, 0.25) is 0 Å². The van der Waals surface area contributed by atoms with Crippen molar-refractivity contribution in [2.45, 2.75) is 32.3 Å². The van der Waals surface area contributed by atoms with Gasteiger partial charge in [-0.1, -0.05) is 13.0 Å². The molecule has 1 atom stereocenters. The quantitative estimate of drug-likeness (QED) is 0.797. The van der Waals surface area contributed by atoms with Crippen LogP contribution in [-0.2, 0) is 16.3 Å². The number of pyridine rings is 1. The van der Waals surface area contributed by atoms with Crippen molar-refractivity contribution >= 4 is 9.84 Å². The third kappa shape index (κ3) is 5.79. The van der Waals surface area contributed by atoms with Crippen molar-refractivity contribution in [1.29, 1.82) is 0 Å². The first-order valence-electron chi connectivity index (χ1n) is 5.82. The van der Waals surface area contributed by atoms with E-state index in [4.69, 9.17) is 0 Å². The van der Waals surface area contributed by atoms with Crippen LogP contribution in [0.5, 0.6) is 0 Å². The molecule has 4 nitrogen and oxygen atoms in total. The van der Waals surface area contributed by atoms with E-state index in [9.17, 15) is 13.5 Å². The van der Waals surface area contributed by atoms with Crippen LogP contribution in [0, 0.1) is 0 Å². The van der Waals surface area contributed by atoms with E-state index in [1.807, 2.05) is 18.2 Å². The Morgan fingerprint density at radius 1 is 1.41 bits per heavy atom. The first kappa shape index (κ1) is 14.1. The molecular formula is C12H19NO3S. The van der Waals surface area contributed by atoms with Crippen LogP contribution in [0.25, 0.3) is 0 Å². The van der Waals surface area contributed by atoms with Gasteiger partial charge in [0.05, 0.1) is 11.9 Å². The zero-order chi connectivity index (χ0) is 12.7. The zero-order valence-corrected chi connectivity index (χ0v) is 10.9. The maximum atomic E-state index is 11.2. The SMILES string of the molecule is CCS(=O)(=O)CCCC(O)Cc1ccccn1. The smallest absolute Gasteiger partial charge is 0.150 e. The lowest BCUT2D eigenvalue weighted by molar-refractivity contribution is 0.163. The molecule has 1 heterocycles. The van der Waals surface area contributed by atoms with Crippen LogP contribution in [0.1, 0.15) is 25.5 Å². The number of aliphatic hydroxyl groups is 1. The van der Waals surface area contributed by atoms with Crippen LogP contribution in [0.3, 0.4) is 0 Å². The summed E-state index contributed by atoms with van der Waals surface area (Å²) in [6.45, 7) is 1.64. The summed E-state index contributed by atoms with van der Waals surface area (Å²) < 4.78 is 22.5. The van der Waals surface area contributed by atoms with E-state index in [1.54, 1.807) is 13.1 Å². The molecule has 0 aliphatic heterocycles. The van der Waals surface area contributed by atoms with Gasteiger partial charge in [-0.2, -0.15) is 0 Å². The highest BCUT2D eigenvalue weighted by atomic mass is 32.2. The van der Waals surface area contributed by atoms with E-state index in [0.29, 0.717) is 19.3 Å². The fraction of sp³-hybridized carbons (Fsp3) is 0.583. The monoisotopic (exact) mass is 257 g/mol. The fourth-order valence-electron chi connectivity index (χ4n) is 1.55. The minimum absolute atomic E-state index is 0.156. The maximum absolute atomic E-state index is 11.2. The number of sulfone groups is 1. The fourth-order valence-corrected chi connectivity index (χ4v) is 2.44. The summed E-state index contributed by atoms with van der Waals surface area (Å²) in [6, 6.07) is 5.55. The lowest BCUT2D eigenvalue weighted by atomic mass is 10.1. The summed E-state index contributed by atoms with van der Waals surface area (Å²) in [7, 11) is -2.91. The van der Waals surface area contributed by atoms with Crippen molar-refractivity contribution in [3.63, 3.8) is 0 Å². The highest BCUT2D eigenvalue weighted by molar-refractivity contribution is 7.91. The molecule has 1 unspecified atom stereocenters. The Morgan fingerprint density at radius 2 is 2.18 bits per heavy atom. The Morgan fingerprint density at radius 3 is 2.76 bits per heavy atom. The normalized spacial score (nSPS) is 13.5. The molecule has 0 aliphatic carbocycles. The average molecular weight is 257 g/mol. The second kappa shape index (κ2) is 6.71. The second-order valence-electron chi connectivity index (χ2n) is 4.06. The molecule has 96 valence electrons. The number of hydrogen-bond acceptors (Lipinski definition) is 4. The molecule has 0 spiro atoms. The summed E-state index contributed by atoms with van der Waals surface area (Å²) in [6.07, 6.45) is 2.65. The average Bonchev–Trinajstić information content (AvgIpc) is 2.30. The molecule has 1 aromatic rings. The summed E-state index contributed by atoms with van der Waals surface area (Å²) in [5.41, 5.74) is 0.832. The van der Waals surface area contributed by atoms with Crippen LogP contribution >= 0.6 is 0 Å². The summed E-state index contributed by atoms with van der Waals surface area (Å²) in [4.78, 5) is 4.11. The number of aromatic nitrogens is 1. The highest BCUT2D eigenvalue weighted by Crippen LogP contribution is 2.06. The van der Waals surface area contributed by atoms with Crippen molar-refractivity contribution < 1.29 is 13.5 Å². The third-order valence-electron chi connectivity index (χ3n) is 2.60. The summed E-state index contributed by atoms with van der Waals surface area (Å²) >= 11 is 0. The van der Waals surface area contributed by atoms with Crippen LogP contribution < -0.4 is 0 Å². The Hall–Kier alpha value is -0.940. The first-order chi connectivity index (χ1) is 8.03. The molecule has 5 heteroatoms. The largest absolute Gasteiger partial charge is 0.393 e. The molecule has 1 rings (SSSR count). The molecule has 1 aromatic heterocycles. The molecule has 0 bridgehead atoms. The minimum atomic E-state index is -2.91. The second-order valence-corrected chi connectivity index (χ2v) is 6.53. The van der Waals surface area contributed by atoms with Crippen LogP contribution in [-0.4, -0.2) is 36.1 Å². The van der Waals surface area contributed by atoms with Gasteiger partial charge in [-0.15, -0.1) is 0 Å². The Labute approximate surface area is 103 Å². The van der Waals surface area contributed by atoms with E-state index in [0.717, 1.165) is 5.69 Å². The van der Waals surface area contributed by atoms with Gasteiger partial charge in [0.1, 0.15) is 9.84 Å². The van der Waals surface area contributed by atoms with Gasteiger partial charge in [0, 0.05) is 24.1 Å². The van der Waals surface area contributed by atoms with Crippen LogP contribution in [0.4, 0.5) is 0 Å². The number of rotatable bonds is 7. The van der Waals surface area contributed by atoms with Gasteiger partial charge >= 0.3 is 0 Å². The Kier molecular flexibility index (Phi) is 5.58. The van der Waals surface area contributed by atoms with Gasteiger partial charge in [-0.3, -0.25) is 4.98 Å². The van der Waals surface area contributed by atoms with Gasteiger partial charge in [-0.25, -0.2) is 8.42 Å². The van der Waals surface area contributed by atoms with Gasteiger partial charge in [-0.05, 0) is 25.0 Å². The first-order valence-corrected chi connectivity index (χ1v) is 7.64. The molecule has 0 fully saturated rings. The maximum Gasteiger partial charge on any atom is 0.150 e. The third-order valence-corrected chi connectivity index (χ3v) is 4.39. The minimum Gasteiger partial charge on any atom is -0.393 e. The van der Waals surface area contributed by atoms with Crippen molar-refractivity contribution in [2.75, 3.05) is 11.5 Å². The van der Waals surface area contributed by atoms with E-state index in [2.05, 4.69) is 4.98 Å². The van der Waals surface area contributed by atoms with E-state index < -0.39 is 15.9 Å². The molecular weight excluding hydrogens is 238 g/mol. The van der Waals surface area contributed by atoms with E-state index >= 15 is 0 Å². The topological polar surface area (TPSA) is 67.3 Å². The van der Waals surface area contributed by atoms with Gasteiger partial charge in [0.2, 0.25) is 0 Å². The lowest BCUT2D eigenvalue weighted by Crippen LogP contribution is -2.15. The van der Waals surface area contributed by atoms with Gasteiger partial charge < -0.3 is 5.11 Å². The molecule has 0 saturated heterocycles. The summed E-state index contributed by atoms with van der Waals surface area (Å²) in [5, 5.41) is 9.74. The predicted octanol–water partition coefficient (Wildman–Crippen LogP) is 1.20. The Balaban J connectivity index is 2.29. The number of hydrogen-bond donors (Lipinski definition) is 1. The van der Waals surface area contributed by atoms with E-state index in [1.165, 1.54) is 0 Å².